The van der Waals surface area contributed by atoms with Gasteiger partial charge in [-0.15, -0.1) is 0 Å². The van der Waals surface area contributed by atoms with Crippen molar-refractivity contribution in [2.75, 3.05) is 13.2 Å². The standard InChI is InChI=1S/C13H18FNO/c14-13-6-2-1-5-12(13)10(9-15)8-11-4-3-7-16-11/h1-2,5-6,10-11H,3-4,7-9,15H2. The number of nitrogens with two attached hydrogens (primary N) is 1. The lowest BCUT2D eigenvalue weighted by Gasteiger charge is -2.19. The van der Waals surface area contributed by atoms with Gasteiger partial charge >= 0.3 is 0 Å². The van der Waals surface area contributed by atoms with Crippen LogP contribution in [0, 0.1) is 5.82 Å². The zero-order chi connectivity index (χ0) is 11.4. The van der Waals surface area contributed by atoms with Crippen molar-refractivity contribution < 1.29 is 9.13 Å². The first kappa shape index (κ1) is 11.6. The molecule has 1 aliphatic heterocycles. The summed E-state index contributed by atoms with van der Waals surface area (Å²) in [5.74, 6) is -0.0831. The van der Waals surface area contributed by atoms with Gasteiger partial charge in [-0.05, 0) is 37.4 Å². The fourth-order valence-electron chi connectivity index (χ4n) is 2.30. The molecule has 2 nitrogen and oxygen atoms in total. The van der Waals surface area contributed by atoms with Gasteiger partial charge in [0.2, 0.25) is 0 Å². The van der Waals surface area contributed by atoms with E-state index in [2.05, 4.69) is 0 Å². The predicted octanol–water partition coefficient (Wildman–Crippen LogP) is 2.44. The van der Waals surface area contributed by atoms with E-state index in [1.54, 1.807) is 6.07 Å². The molecule has 0 saturated carbocycles. The lowest BCUT2D eigenvalue weighted by atomic mass is 9.92. The Kier molecular flexibility index (Phi) is 3.91. The van der Waals surface area contributed by atoms with Crippen LogP contribution in [0.15, 0.2) is 24.3 Å². The quantitative estimate of drug-likeness (QED) is 0.851. The Bertz CT molecular complexity index is 336. The van der Waals surface area contributed by atoms with E-state index in [0.29, 0.717) is 6.54 Å². The summed E-state index contributed by atoms with van der Waals surface area (Å²) in [6, 6.07) is 6.88. The highest BCUT2D eigenvalue weighted by Gasteiger charge is 2.22. The average Bonchev–Trinajstić information content (AvgIpc) is 2.80. The summed E-state index contributed by atoms with van der Waals surface area (Å²) in [7, 11) is 0. The SMILES string of the molecule is NCC(CC1CCCO1)c1ccccc1F. The highest BCUT2D eigenvalue weighted by molar-refractivity contribution is 5.22. The molecule has 0 aliphatic carbocycles. The smallest absolute Gasteiger partial charge is 0.126 e. The number of hydrogen-bond donors (Lipinski definition) is 1. The van der Waals surface area contributed by atoms with Gasteiger partial charge in [-0.1, -0.05) is 18.2 Å². The van der Waals surface area contributed by atoms with Crippen molar-refractivity contribution >= 4 is 0 Å². The Labute approximate surface area is 95.6 Å². The van der Waals surface area contributed by atoms with Crippen LogP contribution in [0.4, 0.5) is 4.39 Å². The summed E-state index contributed by atoms with van der Waals surface area (Å²) in [5.41, 5.74) is 6.45. The minimum absolute atomic E-state index is 0.0734. The van der Waals surface area contributed by atoms with E-state index in [4.69, 9.17) is 10.5 Å². The summed E-state index contributed by atoms with van der Waals surface area (Å²) < 4.78 is 19.2. The fraction of sp³-hybridized carbons (Fsp3) is 0.538. The molecule has 1 fully saturated rings. The molecule has 88 valence electrons. The van der Waals surface area contributed by atoms with E-state index in [1.807, 2.05) is 12.1 Å². The van der Waals surface area contributed by atoms with Crippen LogP contribution in [0.5, 0.6) is 0 Å². The Hall–Kier alpha value is -0.930. The van der Waals surface area contributed by atoms with Crippen molar-refractivity contribution in [2.24, 2.45) is 5.73 Å². The van der Waals surface area contributed by atoms with Crippen LogP contribution in [0.1, 0.15) is 30.7 Å². The molecule has 2 rings (SSSR count). The highest BCUT2D eigenvalue weighted by Crippen LogP contribution is 2.27. The summed E-state index contributed by atoms with van der Waals surface area (Å²) >= 11 is 0. The minimum atomic E-state index is -0.157. The predicted molar refractivity (Wildman–Crippen MR) is 61.8 cm³/mol. The van der Waals surface area contributed by atoms with E-state index < -0.39 is 0 Å². The van der Waals surface area contributed by atoms with Crippen molar-refractivity contribution in [2.45, 2.75) is 31.3 Å². The summed E-state index contributed by atoms with van der Waals surface area (Å²) in [5, 5.41) is 0. The zero-order valence-electron chi connectivity index (χ0n) is 9.36. The second-order valence-electron chi connectivity index (χ2n) is 4.32. The third-order valence-corrected chi connectivity index (χ3v) is 3.20. The maximum atomic E-state index is 13.6. The van der Waals surface area contributed by atoms with Gasteiger partial charge in [-0.2, -0.15) is 0 Å². The highest BCUT2D eigenvalue weighted by atomic mass is 19.1. The van der Waals surface area contributed by atoms with Crippen LogP contribution in [-0.2, 0) is 4.74 Å². The van der Waals surface area contributed by atoms with E-state index in [1.165, 1.54) is 6.07 Å². The maximum Gasteiger partial charge on any atom is 0.126 e. The molecule has 1 aromatic carbocycles. The molecular weight excluding hydrogens is 205 g/mol. The van der Waals surface area contributed by atoms with Gasteiger partial charge in [-0.25, -0.2) is 4.39 Å². The van der Waals surface area contributed by atoms with Crippen molar-refractivity contribution in [1.82, 2.24) is 0 Å². The molecule has 16 heavy (non-hydrogen) atoms. The molecule has 0 spiro atoms. The van der Waals surface area contributed by atoms with Crippen LogP contribution >= 0.6 is 0 Å². The third-order valence-electron chi connectivity index (χ3n) is 3.20. The molecule has 0 radical (unpaired) electrons. The van der Waals surface area contributed by atoms with Crippen molar-refractivity contribution in [3.8, 4) is 0 Å². The van der Waals surface area contributed by atoms with Crippen LogP contribution in [-0.4, -0.2) is 19.3 Å². The lowest BCUT2D eigenvalue weighted by molar-refractivity contribution is 0.0981. The van der Waals surface area contributed by atoms with Crippen molar-refractivity contribution in [3.05, 3.63) is 35.6 Å². The van der Waals surface area contributed by atoms with E-state index >= 15 is 0 Å². The van der Waals surface area contributed by atoms with Gasteiger partial charge in [0.25, 0.3) is 0 Å². The molecule has 1 aromatic rings. The Morgan fingerprint density at radius 3 is 2.88 bits per heavy atom. The molecule has 0 bridgehead atoms. The Morgan fingerprint density at radius 1 is 1.44 bits per heavy atom. The molecule has 1 heterocycles. The Balaban J connectivity index is 2.06. The normalized spacial score (nSPS) is 22.2. The number of ether oxygens (including phenoxy) is 1. The molecule has 1 saturated heterocycles. The van der Waals surface area contributed by atoms with Crippen LogP contribution < -0.4 is 5.73 Å². The molecular formula is C13H18FNO. The zero-order valence-corrected chi connectivity index (χ0v) is 9.36. The van der Waals surface area contributed by atoms with Gasteiger partial charge in [0, 0.05) is 12.5 Å². The van der Waals surface area contributed by atoms with Crippen LogP contribution in [0.2, 0.25) is 0 Å². The number of benzene rings is 1. The van der Waals surface area contributed by atoms with Gasteiger partial charge in [0.05, 0.1) is 6.10 Å². The summed E-state index contributed by atoms with van der Waals surface area (Å²) in [4.78, 5) is 0. The largest absolute Gasteiger partial charge is 0.378 e. The first-order valence-corrected chi connectivity index (χ1v) is 5.87. The first-order valence-electron chi connectivity index (χ1n) is 5.87. The van der Waals surface area contributed by atoms with Gasteiger partial charge < -0.3 is 10.5 Å². The van der Waals surface area contributed by atoms with E-state index in [0.717, 1.165) is 31.4 Å². The summed E-state index contributed by atoms with van der Waals surface area (Å²) in [6.45, 7) is 1.31. The second-order valence-corrected chi connectivity index (χ2v) is 4.32. The lowest BCUT2D eigenvalue weighted by Crippen LogP contribution is -2.19. The number of rotatable bonds is 4. The topological polar surface area (TPSA) is 35.2 Å². The third kappa shape index (κ3) is 2.60. The maximum absolute atomic E-state index is 13.6. The molecule has 1 aliphatic rings. The van der Waals surface area contributed by atoms with Crippen molar-refractivity contribution in [1.29, 1.82) is 0 Å². The monoisotopic (exact) mass is 223 g/mol. The van der Waals surface area contributed by atoms with Gasteiger partial charge in [0.1, 0.15) is 5.82 Å². The van der Waals surface area contributed by atoms with Crippen LogP contribution in [0.25, 0.3) is 0 Å². The molecule has 0 aromatic heterocycles. The second kappa shape index (κ2) is 5.41. The minimum Gasteiger partial charge on any atom is -0.378 e. The van der Waals surface area contributed by atoms with Crippen LogP contribution in [0.3, 0.4) is 0 Å². The molecule has 3 heteroatoms. The summed E-state index contributed by atoms with van der Waals surface area (Å²) in [6.07, 6.45) is 3.27. The average molecular weight is 223 g/mol. The van der Waals surface area contributed by atoms with Crippen molar-refractivity contribution in [3.63, 3.8) is 0 Å². The van der Waals surface area contributed by atoms with Gasteiger partial charge in [0.15, 0.2) is 0 Å². The Morgan fingerprint density at radius 2 is 2.25 bits per heavy atom. The number of hydrogen-bond acceptors (Lipinski definition) is 2. The molecule has 2 unspecified atom stereocenters. The first-order chi connectivity index (χ1) is 7.81. The number of halogens is 1. The molecule has 2 N–H and O–H groups in total. The van der Waals surface area contributed by atoms with E-state index in [9.17, 15) is 4.39 Å². The molecule has 0 amide bonds. The van der Waals surface area contributed by atoms with Gasteiger partial charge in [-0.3, -0.25) is 0 Å². The fourth-order valence-corrected chi connectivity index (χ4v) is 2.30. The molecule has 2 atom stereocenters. The van der Waals surface area contributed by atoms with E-state index in [-0.39, 0.29) is 17.8 Å².